The summed E-state index contributed by atoms with van der Waals surface area (Å²) in [6, 6.07) is 3.65. The summed E-state index contributed by atoms with van der Waals surface area (Å²) in [5.74, 6) is 0.550. The molecule has 1 aromatic rings. The van der Waals surface area contributed by atoms with Crippen LogP contribution in [0.4, 0.5) is 0 Å². The first kappa shape index (κ1) is 9.06. The van der Waals surface area contributed by atoms with Gasteiger partial charge in [-0.1, -0.05) is 19.1 Å². The van der Waals surface area contributed by atoms with Crippen molar-refractivity contribution in [2.24, 2.45) is 5.92 Å². The number of amides is 1. The van der Waals surface area contributed by atoms with Crippen LogP contribution in [0.15, 0.2) is 30.5 Å². The molecule has 0 saturated heterocycles. The number of nitrogens with one attached hydrogen (secondary N) is 1. The lowest BCUT2D eigenvalue weighted by Crippen LogP contribution is -2.37. The van der Waals surface area contributed by atoms with E-state index in [2.05, 4.69) is 24.1 Å². The standard InChI is InChI=1S/C11H14N2O/c1-9-4-3-7-13(8-9)11(14)10-5-2-6-12-10/h2-6,9,12H,7-8H2,1H3. The minimum atomic E-state index is 0.0891. The van der Waals surface area contributed by atoms with Gasteiger partial charge in [-0.05, 0) is 18.1 Å². The van der Waals surface area contributed by atoms with E-state index in [4.69, 9.17) is 0 Å². The van der Waals surface area contributed by atoms with E-state index >= 15 is 0 Å². The van der Waals surface area contributed by atoms with Crippen molar-refractivity contribution >= 4 is 5.91 Å². The highest BCUT2D eigenvalue weighted by Crippen LogP contribution is 2.11. The monoisotopic (exact) mass is 190 g/mol. The number of nitrogens with zero attached hydrogens (tertiary/aromatic N) is 1. The van der Waals surface area contributed by atoms with E-state index in [1.54, 1.807) is 6.20 Å². The second-order valence-corrected chi connectivity index (χ2v) is 3.70. The molecule has 1 atom stereocenters. The highest BCUT2D eigenvalue weighted by Gasteiger charge is 2.19. The normalized spacial score (nSPS) is 21.2. The van der Waals surface area contributed by atoms with Crippen molar-refractivity contribution in [1.29, 1.82) is 0 Å². The maximum absolute atomic E-state index is 11.9. The third-order valence-electron chi connectivity index (χ3n) is 2.41. The molecule has 1 N–H and O–H groups in total. The van der Waals surface area contributed by atoms with Gasteiger partial charge in [0.25, 0.3) is 5.91 Å². The molecular weight excluding hydrogens is 176 g/mol. The Morgan fingerprint density at radius 3 is 3.14 bits per heavy atom. The van der Waals surface area contributed by atoms with Crippen molar-refractivity contribution in [2.75, 3.05) is 13.1 Å². The van der Waals surface area contributed by atoms with Crippen LogP contribution >= 0.6 is 0 Å². The molecule has 0 aliphatic carbocycles. The highest BCUT2D eigenvalue weighted by molar-refractivity contribution is 5.92. The molecule has 3 heteroatoms. The predicted molar refractivity (Wildman–Crippen MR) is 55.0 cm³/mol. The fourth-order valence-corrected chi connectivity index (χ4v) is 1.70. The Bertz CT molecular complexity index is 340. The summed E-state index contributed by atoms with van der Waals surface area (Å²) in [6.45, 7) is 3.65. The molecule has 0 aromatic carbocycles. The van der Waals surface area contributed by atoms with Gasteiger partial charge in [-0.2, -0.15) is 0 Å². The van der Waals surface area contributed by atoms with E-state index in [-0.39, 0.29) is 5.91 Å². The largest absolute Gasteiger partial charge is 0.357 e. The van der Waals surface area contributed by atoms with Crippen LogP contribution < -0.4 is 0 Å². The smallest absolute Gasteiger partial charge is 0.270 e. The van der Waals surface area contributed by atoms with E-state index in [0.29, 0.717) is 11.6 Å². The molecular formula is C11H14N2O. The molecule has 0 fully saturated rings. The average molecular weight is 190 g/mol. The number of aromatic amines is 1. The molecule has 1 aromatic heterocycles. The molecule has 2 rings (SSSR count). The molecule has 2 heterocycles. The molecule has 1 aliphatic rings. The number of hydrogen-bond donors (Lipinski definition) is 1. The van der Waals surface area contributed by atoms with Crippen LogP contribution in [0, 0.1) is 5.92 Å². The van der Waals surface area contributed by atoms with Gasteiger partial charge in [-0.25, -0.2) is 0 Å². The predicted octanol–water partition coefficient (Wildman–Crippen LogP) is 1.66. The van der Waals surface area contributed by atoms with E-state index in [9.17, 15) is 4.79 Å². The van der Waals surface area contributed by atoms with Gasteiger partial charge >= 0.3 is 0 Å². The summed E-state index contributed by atoms with van der Waals surface area (Å²) in [5, 5.41) is 0. The first-order chi connectivity index (χ1) is 6.77. The lowest BCUT2D eigenvalue weighted by atomic mass is 10.1. The lowest BCUT2D eigenvalue weighted by molar-refractivity contribution is 0.0748. The van der Waals surface area contributed by atoms with E-state index in [0.717, 1.165) is 13.1 Å². The second kappa shape index (κ2) is 3.70. The van der Waals surface area contributed by atoms with Gasteiger partial charge < -0.3 is 9.88 Å². The Labute approximate surface area is 83.4 Å². The van der Waals surface area contributed by atoms with Gasteiger partial charge in [0.2, 0.25) is 0 Å². The molecule has 1 unspecified atom stereocenters. The fourth-order valence-electron chi connectivity index (χ4n) is 1.70. The summed E-state index contributed by atoms with van der Waals surface area (Å²) in [7, 11) is 0. The van der Waals surface area contributed by atoms with Gasteiger partial charge in [0, 0.05) is 19.3 Å². The zero-order chi connectivity index (χ0) is 9.97. The van der Waals surface area contributed by atoms with Crippen molar-refractivity contribution in [3.05, 3.63) is 36.2 Å². The first-order valence-corrected chi connectivity index (χ1v) is 4.86. The van der Waals surface area contributed by atoms with E-state index in [1.165, 1.54) is 0 Å². The minimum absolute atomic E-state index is 0.0891. The van der Waals surface area contributed by atoms with Crippen molar-refractivity contribution in [3.63, 3.8) is 0 Å². The quantitative estimate of drug-likeness (QED) is 0.672. The summed E-state index contributed by atoms with van der Waals surface area (Å²) >= 11 is 0. The number of aromatic nitrogens is 1. The molecule has 0 bridgehead atoms. The van der Waals surface area contributed by atoms with Crippen LogP contribution in [0.5, 0.6) is 0 Å². The SMILES string of the molecule is CC1C=CCN(C(=O)c2ccc[nH]2)C1. The van der Waals surface area contributed by atoms with Crippen LogP contribution in [-0.4, -0.2) is 28.9 Å². The Kier molecular flexibility index (Phi) is 2.39. The summed E-state index contributed by atoms with van der Waals surface area (Å²) in [5.41, 5.74) is 0.674. The van der Waals surface area contributed by atoms with Gasteiger partial charge in [0.15, 0.2) is 0 Å². The number of carbonyl (C=O) groups is 1. The van der Waals surface area contributed by atoms with Crippen molar-refractivity contribution in [1.82, 2.24) is 9.88 Å². The lowest BCUT2D eigenvalue weighted by Gasteiger charge is -2.26. The number of H-pyrrole nitrogens is 1. The molecule has 14 heavy (non-hydrogen) atoms. The minimum Gasteiger partial charge on any atom is -0.357 e. The van der Waals surface area contributed by atoms with Gasteiger partial charge in [-0.3, -0.25) is 4.79 Å². The fraction of sp³-hybridized carbons (Fsp3) is 0.364. The average Bonchev–Trinajstić information content (AvgIpc) is 2.69. The molecule has 74 valence electrons. The third-order valence-corrected chi connectivity index (χ3v) is 2.41. The maximum Gasteiger partial charge on any atom is 0.270 e. The zero-order valence-corrected chi connectivity index (χ0v) is 8.23. The highest BCUT2D eigenvalue weighted by atomic mass is 16.2. The van der Waals surface area contributed by atoms with Crippen LogP contribution in [-0.2, 0) is 0 Å². The number of hydrogen-bond acceptors (Lipinski definition) is 1. The first-order valence-electron chi connectivity index (χ1n) is 4.86. The zero-order valence-electron chi connectivity index (χ0n) is 8.23. The van der Waals surface area contributed by atoms with E-state index in [1.807, 2.05) is 17.0 Å². The Morgan fingerprint density at radius 1 is 1.64 bits per heavy atom. The van der Waals surface area contributed by atoms with Gasteiger partial charge in [0.1, 0.15) is 5.69 Å². The summed E-state index contributed by atoms with van der Waals surface area (Å²) in [6.07, 6.45) is 5.98. The number of rotatable bonds is 1. The Hall–Kier alpha value is -1.51. The topological polar surface area (TPSA) is 36.1 Å². The van der Waals surface area contributed by atoms with E-state index < -0.39 is 0 Å². The molecule has 0 radical (unpaired) electrons. The van der Waals surface area contributed by atoms with Crippen molar-refractivity contribution in [2.45, 2.75) is 6.92 Å². The summed E-state index contributed by atoms with van der Waals surface area (Å²) < 4.78 is 0. The Morgan fingerprint density at radius 2 is 2.50 bits per heavy atom. The molecule has 1 aliphatic heterocycles. The van der Waals surface area contributed by atoms with Crippen molar-refractivity contribution in [3.8, 4) is 0 Å². The van der Waals surface area contributed by atoms with Gasteiger partial charge in [-0.15, -0.1) is 0 Å². The number of carbonyl (C=O) groups excluding carboxylic acids is 1. The maximum atomic E-state index is 11.9. The molecule has 0 spiro atoms. The van der Waals surface area contributed by atoms with Crippen LogP contribution in [0.2, 0.25) is 0 Å². The van der Waals surface area contributed by atoms with Crippen LogP contribution in [0.1, 0.15) is 17.4 Å². The second-order valence-electron chi connectivity index (χ2n) is 3.70. The van der Waals surface area contributed by atoms with Crippen molar-refractivity contribution < 1.29 is 4.79 Å². The van der Waals surface area contributed by atoms with Crippen LogP contribution in [0.3, 0.4) is 0 Å². The molecule has 0 saturated carbocycles. The molecule has 1 amide bonds. The third kappa shape index (κ3) is 1.71. The van der Waals surface area contributed by atoms with Crippen LogP contribution in [0.25, 0.3) is 0 Å². The Balaban J connectivity index is 2.09. The van der Waals surface area contributed by atoms with Gasteiger partial charge in [0.05, 0.1) is 0 Å². The summed E-state index contributed by atoms with van der Waals surface area (Å²) in [4.78, 5) is 16.7. The molecule has 3 nitrogen and oxygen atoms in total.